The molecule has 1 aromatic heterocycles. The average Bonchev–Trinajstić information content (AvgIpc) is 3.26. The Kier molecular flexibility index (Phi) is 3.73. The van der Waals surface area contributed by atoms with E-state index in [1.165, 1.54) is 0 Å². The first-order chi connectivity index (χ1) is 10.2. The molecule has 1 unspecified atom stereocenters. The van der Waals surface area contributed by atoms with Gasteiger partial charge in [-0.3, -0.25) is 9.48 Å². The molecule has 21 heavy (non-hydrogen) atoms. The van der Waals surface area contributed by atoms with Crippen molar-refractivity contribution in [3.8, 4) is 0 Å². The largest absolute Gasteiger partial charge is 0.465 e. The van der Waals surface area contributed by atoms with Crippen LogP contribution in [0.4, 0.5) is 0 Å². The minimum atomic E-state index is -0.517. The van der Waals surface area contributed by atoms with E-state index < -0.39 is 5.92 Å². The van der Waals surface area contributed by atoms with Gasteiger partial charge in [-0.1, -0.05) is 30.3 Å². The van der Waals surface area contributed by atoms with Gasteiger partial charge in [-0.2, -0.15) is 5.10 Å². The van der Waals surface area contributed by atoms with Gasteiger partial charge < -0.3 is 4.74 Å². The van der Waals surface area contributed by atoms with Crippen LogP contribution < -0.4 is 0 Å². The first kappa shape index (κ1) is 13.8. The van der Waals surface area contributed by atoms with Crippen LogP contribution in [-0.2, 0) is 16.6 Å². The number of rotatable bonds is 5. The van der Waals surface area contributed by atoms with Gasteiger partial charge >= 0.3 is 5.97 Å². The van der Waals surface area contributed by atoms with Crippen LogP contribution in [0.2, 0.25) is 0 Å². The third-order valence-electron chi connectivity index (χ3n) is 3.67. The molecule has 5 nitrogen and oxygen atoms in total. The second kappa shape index (κ2) is 5.68. The van der Waals surface area contributed by atoms with Crippen LogP contribution in [-0.4, -0.2) is 27.3 Å². The van der Waals surface area contributed by atoms with Crippen LogP contribution >= 0.6 is 0 Å². The van der Waals surface area contributed by atoms with Gasteiger partial charge in [0.05, 0.1) is 6.61 Å². The van der Waals surface area contributed by atoms with Crippen LogP contribution in [0.5, 0.6) is 0 Å². The summed E-state index contributed by atoms with van der Waals surface area (Å²) in [7, 11) is 1.84. The van der Waals surface area contributed by atoms with Gasteiger partial charge in [0.15, 0.2) is 5.82 Å². The fourth-order valence-electron chi connectivity index (χ4n) is 2.44. The van der Waals surface area contributed by atoms with E-state index in [1.807, 2.05) is 44.3 Å². The Morgan fingerprint density at radius 1 is 1.38 bits per heavy atom. The lowest BCUT2D eigenvalue weighted by atomic mass is 9.98. The van der Waals surface area contributed by atoms with Crippen LogP contribution in [0.1, 0.15) is 48.8 Å². The smallest absolute Gasteiger partial charge is 0.321 e. The third kappa shape index (κ3) is 2.82. The highest BCUT2D eigenvalue weighted by atomic mass is 16.5. The quantitative estimate of drug-likeness (QED) is 0.791. The summed E-state index contributed by atoms with van der Waals surface area (Å²) < 4.78 is 6.94. The maximum absolute atomic E-state index is 12.4. The molecule has 1 aromatic carbocycles. The maximum Gasteiger partial charge on any atom is 0.321 e. The van der Waals surface area contributed by atoms with E-state index in [9.17, 15) is 4.79 Å². The minimum absolute atomic E-state index is 0.276. The Bertz CT molecular complexity index is 632. The van der Waals surface area contributed by atoms with Gasteiger partial charge in [-0.15, -0.1) is 0 Å². The molecule has 1 heterocycles. The molecule has 1 atom stereocenters. The molecule has 1 fully saturated rings. The Hall–Kier alpha value is -2.17. The van der Waals surface area contributed by atoms with Gasteiger partial charge in [-0.25, -0.2) is 4.98 Å². The molecule has 3 rings (SSSR count). The first-order valence-corrected chi connectivity index (χ1v) is 7.33. The van der Waals surface area contributed by atoms with E-state index in [4.69, 9.17) is 4.74 Å². The van der Waals surface area contributed by atoms with E-state index in [0.29, 0.717) is 18.3 Å². The summed E-state index contributed by atoms with van der Waals surface area (Å²) in [6, 6.07) is 9.61. The molecule has 0 radical (unpaired) electrons. The maximum atomic E-state index is 12.4. The standard InChI is InChI=1S/C16H19N3O2/c1-3-21-16(20)13(11-7-5-4-6-8-11)15-17-14(12-9-10-12)18-19(15)2/h4-8,12-13H,3,9-10H2,1-2H3. The van der Waals surface area contributed by atoms with Crippen molar-refractivity contribution in [3.05, 3.63) is 47.5 Å². The Labute approximate surface area is 124 Å². The van der Waals surface area contributed by atoms with Crippen molar-refractivity contribution >= 4 is 5.97 Å². The molecule has 5 heteroatoms. The fourth-order valence-corrected chi connectivity index (χ4v) is 2.44. The zero-order chi connectivity index (χ0) is 14.8. The number of esters is 1. The Balaban J connectivity index is 2.00. The summed E-state index contributed by atoms with van der Waals surface area (Å²) in [5, 5.41) is 4.46. The molecule has 1 aliphatic rings. The van der Waals surface area contributed by atoms with Crippen molar-refractivity contribution in [2.24, 2.45) is 7.05 Å². The van der Waals surface area contributed by atoms with Gasteiger partial charge in [0.25, 0.3) is 0 Å². The predicted molar refractivity (Wildman–Crippen MR) is 77.9 cm³/mol. The Morgan fingerprint density at radius 3 is 2.71 bits per heavy atom. The fraction of sp³-hybridized carbons (Fsp3) is 0.438. The second-order valence-electron chi connectivity index (χ2n) is 5.32. The van der Waals surface area contributed by atoms with Crippen molar-refractivity contribution in [2.45, 2.75) is 31.6 Å². The lowest BCUT2D eigenvalue weighted by Gasteiger charge is -2.14. The van der Waals surface area contributed by atoms with Gasteiger partial charge in [0.1, 0.15) is 11.7 Å². The molecule has 1 aliphatic carbocycles. The number of carbonyl (C=O) groups is 1. The van der Waals surface area contributed by atoms with Gasteiger partial charge in [0.2, 0.25) is 0 Å². The number of aromatic nitrogens is 3. The average molecular weight is 285 g/mol. The van der Waals surface area contributed by atoms with Crippen LogP contribution in [0.15, 0.2) is 30.3 Å². The summed E-state index contributed by atoms with van der Waals surface area (Å²) in [4.78, 5) is 17.0. The summed E-state index contributed by atoms with van der Waals surface area (Å²) in [5.74, 6) is 1.17. The number of benzene rings is 1. The highest BCUT2D eigenvalue weighted by molar-refractivity contribution is 5.81. The monoisotopic (exact) mass is 285 g/mol. The third-order valence-corrected chi connectivity index (χ3v) is 3.67. The summed E-state index contributed by atoms with van der Waals surface area (Å²) in [6.07, 6.45) is 2.28. The molecule has 0 bridgehead atoms. The predicted octanol–water partition coefficient (Wildman–Crippen LogP) is 2.39. The highest BCUT2D eigenvalue weighted by Gasteiger charge is 2.33. The normalized spacial score (nSPS) is 15.7. The molecule has 1 saturated carbocycles. The molecule has 0 saturated heterocycles. The molecule has 0 N–H and O–H groups in total. The van der Waals surface area contributed by atoms with Crippen LogP contribution in [0, 0.1) is 0 Å². The number of ether oxygens (including phenoxy) is 1. The van der Waals surface area contributed by atoms with Gasteiger partial charge in [-0.05, 0) is 25.3 Å². The SMILES string of the molecule is CCOC(=O)C(c1ccccc1)c1nc(C2CC2)nn1C. The number of aryl methyl sites for hydroxylation is 1. The van der Waals surface area contributed by atoms with Crippen molar-refractivity contribution in [1.82, 2.24) is 14.8 Å². The van der Waals surface area contributed by atoms with E-state index in [1.54, 1.807) is 4.68 Å². The number of hydrogen-bond donors (Lipinski definition) is 0. The van der Waals surface area contributed by atoms with E-state index in [2.05, 4.69) is 10.1 Å². The number of hydrogen-bond acceptors (Lipinski definition) is 4. The first-order valence-electron chi connectivity index (χ1n) is 7.33. The van der Waals surface area contributed by atoms with Crippen LogP contribution in [0.25, 0.3) is 0 Å². The van der Waals surface area contributed by atoms with Crippen LogP contribution in [0.3, 0.4) is 0 Å². The molecule has 0 amide bonds. The number of nitrogens with zero attached hydrogens (tertiary/aromatic N) is 3. The van der Waals surface area contributed by atoms with Gasteiger partial charge in [0, 0.05) is 13.0 Å². The summed E-state index contributed by atoms with van der Waals surface area (Å²) >= 11 is 0. The van der Waals surface area contributed by atoms with Crippen molar-refractivity contribution in [2.75, 3.05) is 6.61 Å². The van der Waals surface area contributed by atoms with Crippen molar-refractivity contribution in [1.29, 1.82) is 0 Å². The minimum Gasteiger partial charge on any atom is -0.465 e. The van der Waals surface area contributed by atoms with Crippen molar-refractivity contribution in [3.63, 3.8) is 0 Å². The van der Waals surface area contributed by atoms with E-state index >= 15 is 0 Å². The summed E-state index contributed by atoms with van der Waals surface area (Å²) in [6.45, 7) is 2.17. The zero-order valence-electron chi connectivity index (χ0n) is 12.3. The molecule has 2 aromatic rings. The van der Waals surface area contributed by atoms with Crippen molar-refractivity contribution < 1.29 is 9.53 Å². The lowest BCUT2D eigenvalue weighted by Crippen LogP contribution is -2.20. The lowest BCUT2D eigenvalue weighted by molar-refractivity contribution is -0.144. The molecular weight excluding hydrogens is 266 g/mol. The molecule has 110 valence electrons. The zero-order valence-corrected chi connectivity index (χ0v) is 12.3. The molecule has 0 spiro atoms. The Morgan fingerprint density at radius 2 is 2.10 bits per heavy atom. The van der Waals surface area contributed by atoms with E-state index in [-0.39, 0.29) is 5.97 Å². The molecular formula is C16H19N3O2. The molecule has 0 aliphatic heterocycles. The number of carbonyl (C=O) groups excluding carboxylic acids is 1. The highest BCUT2D eigenvalue weighted by Crippen LogP contribution is 2.39. The summed E-state index contributed by atoms with van der Waals surface area (Å²) in [5.41, 5.74) is 0.883. The topological polar surface area (TPSA) is 57.0 Å². The van der Waals surface area contributed by atoms with E-state index in [0.717, 1.165) is 24.2 Å². The second-order valence-corrected chi connectivity index (χ2v) is 5.32.